The number of methoxy groups -OCH3 is 1. The molecule has 0 radical (unpaired) electrons. The minimum Gasteiger partial charge on any atom is -0.493 e. The lowest BCUT2D eigenvalue weighted by Crippen LogP contribution is -2.13. The van der Waals surface area contributed by atoms with Gasteiger partial charge in [-0.15, -0.1) is 0 Å². The van der Waals surface area contributed by atoms with Crippen LogP contribution in [0, 0.1) is 5.92 Å². The highest BCUT2D eigenvalue weighted by Crippen LogP contribution is 2.29. The van der Waals surface area contributed by atoms with Crippen LogP contribution in [-0.4, -0.2) is 37.3 Å². The number of anilines is 1. The molecular weight excluding hydrogens is 350 g/mol. The van der Waals surface area contributed by atoms with Gasteiger partial charge >= 0.3 is 5.97 Å². The van der Waals surface area contributed by atoms with Crippen LogP contribution in [0.4, 0.5) is 5.69 Å². The minimum absolute atomic E-state index is 0.303. The molecule has 0 atom stereocenters. The van der Waals surface area contributed by atoms with Crippen molar-refractivity contribution in [3.05, 3.63) is 48.0 Å². The summed E-state index contributed by atoms with van der Waals surface area (Å²) in [6.07, 6.45) is 0. The number of rotatable bonds is 9. The molecule has 0 spiro atoms. The van der Waals surface area contributed by atoms with Crippen molar-refractivity contribution in [2.75, 3.05) is 25.6 Å². The van der Waals surface area contributed by atoms with Crippen molar-refractivity contribution in [3.8, 4) is 17.2 Å². The van der Waals surface area contributed by atoms with Crippen LogP contribution in [0.15, 0.2) is 42.5 Å². The van der Waals surface area contributed by atoms with Gasteiger partial charge in [0.25, 0.3) is 5.91 Å². The Kier molecular flexibility index (Phi) is 7.05. The summed E-state index contributed by atoms with van der Waals surface area (Å²) >= 11 is 0. The zero-order valence-corrected chi connectivity index (χ0v) is 15.5. The van der Waals surface area contributed by atoms with E-state index in [-0.39, 0.29) is 5.91 Å². The van der Waals surface area contributed by atoms with Crippen molar-refractivity contribution in [1.82, 2.24) is 0 Å². The Bertz CT molecular complexity index is 786. The molecule has 7 heteroatoms. The molecule has 0 saturated carbocycles. The highest BCUT2D eigenvalue weighted by atomic mass is 16.5. The first-order valence-electron chi connectivity index (χ1n) is 8.46. The van der Waals surface area contributed by atoms with Gasteiger partial charge in [-0.3, -0.25) is 4.79 Å². The van der Waals surface area contributed by atoms with E-state index in [0.29, 0.717) is 41.0 Å². The molecular formula is C20H23NO6. The smallest absolute Gasteiger partial charge is 0.341 e. The molecule has 0 aromatic heterocycles. The highest BCUT2D eigenvalue weighted by molar-refractivity contribution is 6.04. The first kappa shape index (κ1) is 20.1. The summed E-state index contributed by atoms with van der Waals surface area (Å²) in [4.78, 5) is 22.9. The molecule has 2 aromatic rings. The maximum atomic E-state index is 12.4. The number of carbonyl (C=O) groups excluding carboxylic acids is 1. The van der Waals surface area contributed by atoms with Gasteiger partial charge in [-0.25, -0.2) is 4.79 Å². The predicted molar refractivity (Wildman–Crippen MR) is 101 cm³/mol. The van der Waals surface area contributed by atoms with Gasteiger partial charge in [-0.05, 0) is 48.4 Å². The normalized spacial score (nSPS) is 10.4. The van der Waals surface area contributed by atoms with Crippen molar-refractivity contribution in [1.29, 1.82) is 0 Å². The van der Waals surface area contributed by atoms with E-state index in [1.807, 2.05) is 13.8 Å². The average molecular weight is 373 g/mol. The van der Waals surface area contributed by atoms with Crippen molar-refractivity contribution in [2.24, 2.45) is 5.92 Å². The number of hydrogen-bond donors (Lipinski definition) is 2. The van der Waals surface area contributed by atoms with Crippen molar-refractivity contribution >= 4 is 17.6 Å². The van der Waals surface area contributed by atoms with E-state index in [2.05, 4.69) is 5.32 Å². The maximum absolute atomic E-state index is 12.4. The lowest BCUT2D eigenvalue weighted by molar-refractivity contribution is -0.139. The van der Waals surface area contributed by atoms with Crippen LogP contribution in [0.3, 0.4) is 0 Å². The van der Waals surface area contributed by atoms with E-state index in [1.54, 1.807) is 42.5 Å². The molecule has 1 amide bonds. The molecule has 2 rings (SSSR count). The summed E-state index contributed by atoms with van der Waals surface area (Å²) in [5.74, 6) is 0.498. The Balaban J connectivity index is 2.03. The fraction of sp³-hybridized carbons (Fsp3) is 0.300. The topological polar surface area (TPSA) is 94.1 Å². The Morgan fingerprint density at radius 1 is 1.04 bits per heavy atom. The molecule has 144 valence electrons. The van der Waals surface area contributed by atoms with Crippen LogP contribution in [-0.2, 0) is 4.79 Å². The number of nitrogens with one attached hydrogen (secondary N) is 1. The number of amides is 1. The van der Waals surface area contributed by atoms with Crippen LogP contribution in [0.1, 0.15) is 24.2 Å². The monoisotopic (exact) mass is 373 g/mol. The second kappa shape index (κ2) is 9.47. The maximum Gasteiger partial charge on any atom is 0.341 e. The largest absolute Gasteiger partial charge is 0.493 e. The molecule has 0 aliphatic heterocycles. The summed E-state index contributed by atoms with van der Waals surface area (Å²) in [7, 11) is 1.52. The molecule has 0 aliphatic rings. The van der Waals surface area contributed by atoms with Crippen molar-refractivity contribution in [2.45, 2.75) is 13.8 Å². The van der Waals surface area contributed by atoms with Gasteiger partial charge < -0.3 is 24.6 Å². The number of hydrogen-bond acceptors (Lipinski definition) is 5. The second-order valence-electron chi connectivity index (χ2n) is 6.23. The van der Waals surface area contributed by atoms with E-state index < -0.39 is 12.6 Å². The summed E-state index contributed by atoms with van der Waals surface area (Å²) in [5.41, 5.74) is 0.983. The SMILES string of the molecule is COc1cc(C(=O)Nc2ccc(OCC(=O)O)cc2)ccc1OCC(C)C. The van der Waals surface area contributed by atoms with Crippen molar-refractivity contribution in [3.63, 3.8) is 0 Å². The molecule has 0 heterocycles. The number of carbonyl (C=O) groups is 2. The van der Waals surface area contributed by atoms with Gasteiger partial charge in [0, 0.05) is 11.3 Å². The third-order valence-electron chi connectivity index (χ3n) is 3.47. The zero-order chi connectivity index (χ0) is 19.8. The third-order valence-corrected chi connectivity index (χ3v) is 3.47. The van der Waals surface area contributed by atoms with Crippen LogP contribution in [0.25, 0.3) is 0 Å². The molecule has 0 aliphatic carbocycles. The van der Waals surface area contributed by atoms with E-state index in [4.69, 9.17) is 19.3 Å². The summed E-state index contributed by atoms with van der Waals surface area (Å²) in [5, 5.41) is 11.4. The molecule has 0 fully saturated rings. The molecule has 0 unspecified atom stereocenters. The van der Waals surface area contributed by atoms with Gasteiger partial charge in [0.2, 0.25) is 0 Å². The number of ether oxygens (including phenoxy) is 3. The first-order valence-corrected chi connectivity index (χ1v) is 8.46. The summed E-state index contributed by atoms with van der Waals surface area (Å²) < 4.78 is 16.0. The molecule has 27 heavy (non-hydrogen) atoms. The van der Waals surface area contributed by atoms with Gasteiger partial charge in [-0.2, -0.15) is 0 Å². The number of carboxylic acids is 1. The predicted octanol–water partition coefficient (Wildman–Crippen LogP) is 3.45. The van der Waals surface area contributed by atoms with Crippen molar-refractivity contribution < 1.29 is 28.9 Å². The van der Waals surface area contributed by atoms with Crippen LogP contribution in [0.5, 0.6) is 17.2 Å². The van der Waals surface area contributed by atoms with E-state index in [1.165, 1.54) is 7.11 Å². The molecule has 2 N–H and O–H groups in total. The highest BCUT2D eigenvalue weighted by Gasteiger charge is 2.12. The third kappa shape index (κ3) is 6.22. The molecule has 0 bridgehead atoms. The number of aliphatic carboxylic acids is 1. The standard InChI is InChI=1S/C20H23NO6/c1-13(2)11-27-17-9-4-14(10-18(17)25-3)20(24)21-15-5-7-16(8-6-15)26-12-19(22)23/h4-10,13H,11-12H2,1-3H3,(H,21,24)(H,22,23). The summed E-state index contributed by atoms with van der Waals surface area (Å²) in [6, 6.07) is 11.4. The van der Waals surface area contributed by atoms with Crippen LogP contribution in [0.2, 0.25) is 0 Å². The quantitative estimate of drug-likeness (QED) is 0.699. The molecule has 2 aromatic carbocycles. The van der Waals surface area contributed by atoms with E-state index in [0.717, 1.165) is 0 Å². The minimum atomic E-state index is -1.05. The lowest BCUT2D eigenvalue weighted by Gasteiger charge is -2.13. The van der Waals surface area contributed by atoms with Gasteiger partial charge in [0.1, 0.15) is 5.75 Å². The molecule has 7 nitrogen and oxygen atoms in total. The number of carboxylic acid groups (broad SMARTS) is 1. The zero-order valence-electron chi connectivity index (χ0n) is 15.5. The second-order valence-corrected chi connectivity index (χ2v) is 6.23. The fourth-order valence-corrected chi connectivity index (χ4v) is 2.17. The fourth-order valence-electron chi connectivity index (χ4n) is 2.17. The Labute approximate surface area is 157 Å². The average Bonchev–Trinajstić information content (AvgIpc) is 2.65. The number of benzene rings is 2. The Morgan fingerprint density at radius 3 is 2.33 bits per heavy atom. The van der Waals surface area contributed by atoms with Gasteiger partial charge in [-0.1, -0.05) is 13.8 Å². The lowest BCUT2D eigenvalue weighted by atomic mass is 10.1. The van der Waals surface area contributed by atoms with Crippen LogP contribution >= 0.6 is 0 Å². The van der Waals surface area contributed by atoms with Gasteiger partial charge in [0.05, 0.1) is 13.7 Å². The Morgan fingerprint density at radius 2 is 1.74 bits per heavy atom. The van der Waals surface area contributed by atoms with E-state index in [9.17, 15) is 9.59 Å². The molecule has 0 saturated heterocycles. The van der Waals surface area contributed by atoms with Crippen LogP contribution < -0.4 is 19.5 Å². The Hall–Kier alpha value is -3.22. The van der Waals surface area contributed by atoms with E-state index >= 15 is 0 Å². The summed E-state index contributed by atoms with van der Waals surface area (Å²) in [6.45, 7) is 4.23. The first-order chi connectivity index (χ1) is 12.9. The van der Waals surface area contributed by atoms with Gasteiger partial charge in [0.15, 0.2) is 18.1 Å².